The zero-order valence-electron chi connectivity index (χ0n) is 29.6. The van der Waals surface area contributed by atoms with E-state index in [1.807, 2.05) is 0 Å². The first kappa shape index (κ1) is 34.6. The summed E-state index contributed by atoms with van der Waals surface area (Å²) >= 11 is 0. The maximum atomic E-state index is 2.63. The van der Waals surface area contributed by atoms with Crippen LogP contribution in [0.1, 0.15) is 91.5 Å². The van der Waals surface area contributed by atoms with Crippen molar-refractivity contribution < 1.29 is 0 Å². The first-order valence-electron chi connectivity index (χ1n) is 16.7. The Kier molecular flexibility index (Phi) is 11.4. The van der Waals surface area contributed by atoms with Gasteiger partial charge in [-0.2, -0.15) is 0 Å². The Morgan fingerprint density at radius 3 is 0.841 bits per heavy atom. The zero-order chi connectivity index (χ0) is 32.3. The SMILES string of the molecule is CCCC(CC)(C(C)P(c1cc(C)cc(C)c1)c1cc(C)cc(C)c1)C(C)P(c1cc(C)cc(C)c1)c1cc(C)cc(C)c1. The molecule has 2 heteroatoms. The molecule has 0 nitrogen and oxygen atoms in total. The monoisotopic (exact) mass is 622 g/mol. The Morgan fingerprint density at radius 1 is 0.432 bits per heavy atom. The molecule has 0 amide bonds. The Morgan fingerprint density at radius 2 is 0.659 bits per heavy atom. The molecule has 0 bridgehead atoms. The number of benzene rings is 4. The van der Waals surface area contributed by atoms with E-state index in [2.05, 4.69) is 156 Å². The van der Waals surface area contributed by atoms with Gasteiger partial charge in [0.25, 0.3) is 0 Å². The molecule has 0 heterocycles. The lowest BCUT2D eigenvalue weighted by molar-refractivity contribution is 0.241. The van der Waals surface area contributed by atoms with E-state index in [9.17, 15) is 0 Å². The van der Waals surface area contributed by atoms with Crippen LogP contribution in [-0.4, -0.2) is 11.3 Å². The van der Waals surface area contributed by atoms with E-state index < -0.39 is 15.8 Å². The van der Waals surface area contributed by atoms with Gasteiger partial charge >= 0.3 is 0 Å². The van der Waals surface area contributed by atoms with Crippen LogP contribution in [0.2, 0.25) is 0 Å². The maximum absolute atomic E-state index is 2.63. The maximum Gasteiger partial charge on any atom is -0.00945 e. The second-order valence-corrected chi connectivity index (χ2v) is 18.9. The summed E-state index contributed by atoms with van der Waals surface area (Å²) in [5.74, 6) is 0. The van der Waals surface area contributed by atoms with Crippen molar-refractivity contribution in [1.82, 2.24) is 0 Å². The molecule has 0 radical (unpaired) electrons. The highest BCUT2D eigenvalue weighted by atomic mass is 31.1. The van der Waals surface area contributed by atoms with Crippen LogP contribution in [0.15, 0.2) is 72.8 Å². The van der Waals surface area contributed by atoms with Crippen molar-refractivity contribution in [2.24, 2.45) is 5.41 Å². The average Bonchev–Trinajstić information content (AvgIpc) is 2.90. The molecular weight excluding hydrogens is 566 g/mol. The van der Waals surface area contributed by atoms with Gasteiger partial charge in [0.1, 0.15) is 0 Å². The summed E-state index contributed by atoms with van der Waals surface area (Å²) in [5, 5.41) is 6.16. The number of rotatable bonds is 11. The topological polar surface area (TPSA) is 0 Å². The molecule has 0 saturated carbocycles. The van der Waals surface area contributed by atoms with Gasteiger partial charge in [-0.05, 0) is 122 Å². The molecule has 0 aromatic heterocycles. The number of hydrogen-bond donors (Lipinski definition) is 0. The fourth-order valence-corrected chi connectivity index (χ4v) is 15.4. The molecule has 0 N–H and O–H groups in total. The molecule has 4 aromatic carbocycles. The fraction of sp³-hybridized carbons (Fsp3) is 0.429. The van der Waals surface area contributed by atoms with Gasteiger partial charge in [-0.1, -0.05) is 151 Å². The van der Waals surface area contributed by atoms with Crippen molar-refractivity contribution >= 4 is 37.1 Å². The lowest BCUT2D eigenvalue weighted by Crippen LogP contribution is -2.45. The highest BCUT2D eigenvalue weighted by molar-refractivity contribution is 7.74. The third-order valence-electron chi connectivity index (χ3n) is 9.75. The molecule has 2 unspecified atom stereocenters. The molecule has 0 aliphatic heterocycles. The van der Waals surface area contributed by atoms with Crippen LogP contribution < -0.4 is 21.2 Å². The Balaban J connectivity index is 2.00. The lowest BCUT2D eigenvalue weighted by atomic mass is 9.75. The largest absolute Gasteiger partial charge is 0.0654 e. The summed E-state index contributed by atoms with van der Waals surface area (Å²) in [4.78, 5) is 0. The summed E-state index contributed by atoms with van der Waals surface area (Å²) in [6.07, 6.45) is 3.63. The van der Waals surface area contributed by atoms with Crippen molar-refractivity contribution in [2.75, 3.05) is 0 Å². The first-order valence-corrected chi connectivity index (χ1v) is 19.5. The van der Waals surface area contributed by atoms with Gasteiger partial charge in [0.2, 0.25) is 0 Å². The minimum Gasteiger partial charge on any atom is -0.0654 e. The Hall–Kier alpha value is -2.26. The molecule has 234 valence electrons. The molecular formula is C42H56P2. The third-order valence-corrected chi connectivity index (χ3v) is 15.6. The molecule has 0 fully saturated rings. The van der Waals surface area contributed by atoms with Crippen molar-refractivity contribution in [1.29, 1.82) is 0 Å². The summed E-state index contributed by atoms with van der Waals surface area (Å²) in [7, 11) is -1.18. The summed E-state index contributed by atoms with van der Waals surface area (Å²) in [6.45, 7) is 28.4. The van der Waals surface area contributed by atoms with Gasteiger partial charge in [0, 0.05) is 0 Å². The van der Waals surface area contributed by atoms with Crippen LogP contribution in [0.25, 0.3) is 0 Å². The average molecular weight is 623 g/mol. The van der Waals surface area contributed by atoms with Gasteiger partial charge in [-0.3, -0.25) is 0 Å². The van der Waals surface area contributed by atoms with Gasteiger partial charge in [0.05, 0.1) is 0 Å². The summed E-state index contributed by atoms with van der Waals surface area (Å²) < 4.78 is 0. The standard InChI is InChI=1S/C42H56P2/c1-13-15-42(14-2,36(11)43(38-20-28(3)16-29(4)21-38)39-22-30(5)17-31(6)23-39)37(12)44(40-24-32(7)18-33(8)25-40)41-26-34(9)19-35(10)27-41/h16-27,36-37H,13-15H2,1-12H3. The summed E-state index contributed by atoms with van der Waals surface area (Å²) in [5.41, 5.74) is 12.2. The van der Waals surface area contributed by atoms with Crippen LogP contribution in [0.3, 0.4) is 0 Å². The minimum atomic E-state index is -0.592. The minimum absolute atomic E-state index is 0.177. The van der Waals surface area contributed by atoms with Gasteiger partial charge in [-0.25, -0.2) is 0 Å². The van der Waals surface area contributed by atoms with Crippen LogP contribution in [-0.2, 0) is 0 Å². The van der Waals surface area contributed by atoms with E-state index >= 15 is 0 Å². The quantitative estimate of drug-likeness (QED) is 0.146. The van der Waals surface area contributed by atoms with Crippen LogP contribution >= 0.6 is 15.8 Å². The van der Waals surface area contributed by atoms with Gasteiger partial charge in [-0.15, -0.1) is 0 Å². The Labute approximate surface area is 272 Å². The zero-order valence-corrected chi connectivity index (χ0v) is 31.4. The number of aryl methyl sites for hydroxylation is 8. The Bertz CT molecular complexity index is 1300. The van der Waals surface area contributed by atoms with Crippen LogP contribution in [0, 0.1) is 60.8 Å². The van der Waals surface area contributed by atoms with Gasteiger partial charge < -0.3 is 0 Å². The number of hydrogen-bond acceptors (Lipinski definition) is 0. The molecule has 2 atom stereocenters. The van der Waals surface area contributed by atoms with Crippen molar-refractivity contribution in [3.8, 4) is 0 Å². The van der Waals surface area contributed by atoms with E-state index in [1.54, 1.807) is 21.2 Å². The fourth-order valence-electron chi connectivity index (χ4n) is 8.07. The molecule has 4 rings (SSSR count). The van der Waals surface area contributed by atoms with Crippen LogP contribution in [0.5, 0.6) is 0 Å². The second kappa shape index (κ2) is 14.4. The normalized spacial score (nSPS) is 14.6. The molecule has 4 aromatic rings. The smallest absolute Gasteiger partial charge is 0.00945 e. The predicted octanol–water partition coefficient (Wildman–Crippen LogP) is 10.7. The highest BCUT2D eigenvalue weighted by Crippen LogP contribution is 2.60. The molecule has 0 spiro atoms. The van der Waals surface area contributed by atoms with Gasteiger partial charge in [0.15, 0.2) is 0 Å². The first-order chi connectivity index (χ1) is 20.8. The third kappa shape index (κ3) is 7.57. The molecule has 0 aliphatic carbocycles. The van der Waals surface area contributed by atoms with E-state index in [-0.39, 0.29) is 5.41 Å². The molecule has 44 heavy (non-hydrogen) atoms. The predicted molar refractivity (Wildman–Crippen MR) is 203 cm³/mol. The van der Waals surface area contributed by atoms with E-state index in [4.69, 9.17) is 0 Å². The van der Waals surface area contributed by atoms with Crippen LogP contribution in [0.4, 0.5) is 0 Å². The van der Waals surface area contributed by atoms with E-state index in [1.165, 1.54) is 63.8 Å². The van der Waals surface area contributed by atoms with Crippen molar-refractivity contribution in [3.63, 3.8) is 0 Å². The molecule has 0 aliphatic rings. The highest BCUT2D eigenvalue weighted by Gasteiger charge is 2.46. The lowest BCUT2D eigenvalue weighted by Gasteiger charge is -2.50. The van der Waals surface area contributed by atoms with E-state index in [0.29, 0.717) is 11.3 Å². The summed E-state index contributed by atoms with van der Waals surface area (Å²) in [6, 6.07) is 29.4. The van der Waals surface area contributed by atoms with E-state index in [0.717, 1.165) is 0 Å². The molecule has 0 saturated heterocycles. The second-order valence-electron chi connectivity index (χ2n) is 13.8. The van der Waals surface area contributed by atoms with Crippen molar-refractivity contribution in [2.45, 2.75) is 114 Å². The van der Waals surface area contributed by atoms with Crippen molar-refractivity contribution in [3.05, 3.63) is 117 Å².